The predicted molar refractivity (Wildman–Crippen MR) is 53.9 cm³/mol. The SMILES string of the molecule is CCCN(C)C(=O)C1CCNCC1(F)F. The van der Waals surface area contributed by atoms with Gasteiger partial charge in [0, 0.05) is 13.6 Å². The van der Waals surface area contributed by atoms with Gasteiger partial charge in [-0.05, 0) is 19.4 Å². The molecule has 1 heterocycles. The molecule has 1 atom stereocenters. The van der Waals surface area contributed by atoms with Crippen LogP contribution in [0.5, 0.6) is 0 Å². The summed E-state index contributed by atoms with van der Waals surface area (Å²) < 4.78 is 26.8. The molecule has 1 N–H and O–H groups in total. The number of nitrogens with zero attached hydrogens (tertiary/aromatic N) is 1. The van der Waals surface area contributed by atoms with Crippen LogP contribution in [0.1, 0.15) is 19.8 Å². The van der Waals surface area contributed by atoms with Gasteiger partial charge in [0.05, 0.1) is 6.54 Å². The van der Waals surface area contributed by atoms with Gasteiger partial charge in [0.1, 0.15) is 5.92 Å². The molecule has 1 unspecified atom stereocenters. The highest BCUT2D eigenvalue weighted by Crippen LogP contribution is 2.30. The predicted octanol–water partition coefficient (Wildman–Crippen LogP) is 1.10. The lowest BCUT2D eigenvalue weighted by Gasteiger charge is -2.33. The molecule has 3 nitrogen and oxygen atoms in total. The first-order chi connectivity index (χ1) is 6.99. The van der Waals surface area contributed by atoms with Gasteiger partial charge in [-0.3, -0.25) is 4.79 Å². The summed E-state index contributed by atoms with van der Waals surface area (Å²) in [5.74, 6) is -4.48. The van der Waals surface area contributed by atoms with Gasteiger partial charge >= 0.3 is 0 Å². The Morgan fingerprint density at radius 3 is 2.80 bits per heavy atom. The number of nitrogens with one attached hydrogen (secondary N) is 1. The second-order valence-electron chi connectivity index (χ2n) is 4.04. The largest absolute Gasteiger partial charge is 0.345 e. The minimum atomic E-state index is -2.91. The molecule has 1 saturated heterocycles. The molecule has 0 aromatic rings. The summed E-state index contributed by atoms with van der Waals surface area (Å²) in [6, 6.07) is 0. The standard InChI is InChI=1S/C10H18F2N2O/c1-3-6-14(2)9(15)8-4-5-13-7-10(8,11)12/h8,13H,3-7H2,1-2H3. The quantitative estimate of drug-likeness (QED) is 0.772. The van der Waals surface area contributed by atoms with Crippen molar-refractivity contribution in [1.29, 1.82) is 0 Å². The van der Waals surface area contributed by atoms with Crippen molar-refractivity contribution in [2.24, 2.45) is 5.92 Å². The molecule has 0 saturated carbocycles. The van der Waals surface area contributed by atoms with Crippen LogP contribution in [0, 0.1) is 5.92 Å². The van der Waals surface area contributed by atoms with E-state index >= 15 is 0 Å². The van der Waals surface area contributed by atoms with E-state index in [2.05, 4.69) is 5.32 Å². The summed E-state index contributed by atoms with van der Waals surface area (Å²) >= 11 is 0. The van der Waals surface area contributed by atoms with Crippen LogP contribution >= 0.6 is 0 Å². The maximum Gasteiger partial charge on any atom is 0.271 e. The minimum Gasteiger partial charge on any atom is -0.345 e. The molecule has 0 bridgehead atoms. The third-order valence-corrected chi connectivity index (χ3v) is 2.71. The van der Waals surface area contributed by atoms with E-state index in [1.165, 1.54) is 4.90 Å². The molecule has 5 heteroatoms. The van der Waals surface area contributed by atoms with E-state index in [9.17, 15) is 13.6 Å². The summed E-state index contributed by atoms with van der Waals surface area (Å²) in [5.41, 5.74) is 0. The first-order valence-electron chi connectivity index (χ1n) is 5.32. The number of hydrogen-bond acceptors (Lipinski definition) is 2. The second-order valence-corrected chi connectivity index (χ2v) is 4.04. The van der Waals surface area contributed by atoms with Crippen LogP contribution in [0.15, 0.2) is 0 Å². The molecule has 1 amide bonds. The summed E-state index contributed by atoms with van der Waals surface area (Å²) in [4.78, 5) is 13.1. The Morgan fingerprint density at radius 2 is 2.27 bits per heavy atom. The monoisotopic (exact) mass is 220 g/mol. The zero-order chi connectivity index (χ0) is 11.5. The van der Waals surface area contributed by atoms with Crippen molar-refractivity contribution in [3.8, 4) is 0 Å². The molecular weight excluding hydrogens is 202 g/mol. The highest BCUT2D eigenvalue weighted by molar-refractivity contribution is 5.79. The van der Waals surface area contributed by atoms with Crippen molar-refractivity contribution in [3.05, 3.63) is 0 Å². The van der Waals surface area contributed by atoms with E-state index in [0.717, 1.165) is 6.42 Å². The van der Waals surface area contributed by atoms with E-state index < -0.39 is 17.7 Å². The Bertz CT molecular complexity index is 233. The maximum atomic E-state index is 13.4. The van der Waals surface area contributed by atoms with Gasteiger partial charge in [0.25, 0.3) is 5.92 Å². The van der Waals surface area contributed by atoms with Crippen LogP contribution in [0.4, 0.5) is 8.78 Å². The van der Waals surface area contributed by atoms with Gasteiger partial charge < -0.3 is 10.2 Å². The fraction of sp³-hybridized carbons (Fsp3) is 0.900. The van der Waals surface area contributed by atoms with Crippen molar-refractivity contribution in [2.45, 2.75) is 25.7 Å². The van der Waals surface area contributed by atoms with Gasteiger partial charge in [-0.25, -0.2) is 8.78 Å². The third-order valence-electron chi connectivity index (χ3n) is 2.71. The average Bonchev–Trinajstić information content (AvgIpc) is 2.16. The topological polar surface area (TPSA) is 32.3 Å². The lowest BCUT2D eigenvalue weighted by atomic mass is 9.92. The van der Waals surface area contributed by atoms with Crippen molar-refractivity contribution >= 4 is 5.91 Å². The van der Waals surface area contributed by atoms with E-state index in [1.54, 1.807) is 7.05 Å². The van der Waals surface area contributed by atoms with Gasteiger partial charge in [-0.2, -0.15) is 0 Å². The number of alkyl halides is 2. The summed E-state index contributed by atoms with van der Waals surface area (Å²) in [7, 11) is 1.59. The molecule has 0 radical (unpaired) electrons. The van der Waals surface area contributed by atoms with Crippen LogP contribution in [-0.4, -0.2) is 43.4 Å². The Morgan fingerprint density at radius 1 is 1.60 bits per heavy atom. The van der Waals surface area contributed by atoms with Gasteiger partial charge in [-0.1, -0.05) is 6.92 Å². The molecule has 1 aliphatic heterocycles. The highest BCUT2D eigenvalue weighted by Gasteiger charge is 2.46. The fourth-order valence-electron chi connectivity index (χ4n) is 1.85. The number of halogens is 2. The Hall–Kier alpha value is -0.710. The van der Waals surface area contributed by atoms with Crippen LogP contribution in [0.25, 0.3) is 0 Å². The number of carbonyl (C=O) groups excluding carboxylic acids is 1. The van der Waals surface area contributed by atoms with Gasteiger partial charge in [-0.15, -0.1) is 0 Å². The molecule has 88 valence electrons. The molecule has 15 heavy (non-hydrogen) atoms. The normalized spacial score (nSPS) is 24.9. The second kappa shape index (κ2) is 4.88. The molecule has 0 spiro atoms. The lowest BCUT2D eigenvalue weighted by Crippen LogP contribution is -2.52. The van der Waals surface area contributed by atoms with Crippen molar-refractivity contribution in [1.82, 2.24) is 10.2 Å². The van der Waals surface area contributed by atoms with Gasteiger partial charge in [0.15, 0.2) is 0 Å². The average molecular weight is 220 g/mol. The summed E-state index contributed by atoms with van der Waals surface area (Å²) in [5, 5.41) is 2.61. The molecule has 0 aliphatic carbocycles. The van der Waals surface area contributed by atoms with Gasteiger partial charge in [0.2, 0.25) is 5.91 Å². The van der Waals surface area contributed by atoms with E-state index in [4.69, 9.17) is 0 Å². The zero-order valence-electron chi connectivity index (χ0n) is 9.22. The van der Waals surface area contributed by atoms with Crippen molar-refractivity contribution < 1.29 is 13.6 Å². The summed E-state index contributed by atoms with van der Waals surface area (Å²) in [6.45, 7) is 2.57. The molecule has 0 aromatic heterocycles. The number of carbonyl (C=O) groups is 1. The van der Waals surface area contributed by atoms with Crippen LogP contribution in [0.2, 0.25) is 0 Å². The number of piperidine rings is 1. The maximum absolute atomic E-state index is 13.4. The number of rotatable bonds is 3. The first-order valence-corrected chi connectivity index (χ1v) is 5.32. The lowest BCUT2D eigenvalue weighted by molar-refractivity contribution is -0.152. The zero-order valence-corrected chi connectivity index (χ0v) is 9.22. The van der Waals surface area contributed by atoms with E-state index in [-0.39, 0.29) is 13.0 Å². The Labute approximate surface area is 88.8 Å². The Balaban J connectivity index is 2.64. The highest BCUT2D eigenvalue weighted by atomic mass is 19.3. The van der Waals surface area contributed by atoms with Crippen LogP contribution < -0.4 is 5.32 Å². The number of amides is 1. The minimum absolute atomic E-state index is 0.222. The van der Waals surface area contributed by atoms with Crippen molar-refractivity contribution in [3.63, 3.8) is 0 Å². The molecule has 1 fully saturated rings. The molecule has 1 aliphatic rings. The van der Waals surface area contributed by atoms with E-state index in [0.29, 0.717) is 13.1 Å². The Kier molecular flexibility index (Phi) is 4.02. The van der Waals surface area contributed by atoms with Crippen LogP contribution in [-0.2, 0) is 4.79 Å². The number of hydrogen-bond donors (Lipinski definition) is 1. The smallest absolute Gasteiger partial charge is 0.271 e. The third kappa shape index (κ3) is 2.87. The molecule has 0 aromatic carbocycles. The molecule has 1 rings (SSSR count). The first kappa shape index (κ1) is 12.4. The summed E-state index contributed by atoms with van der Waals surface area (Å²) in [6.07, 6.45) is 1.01. The van der Waals surface area contributed by atoms with Crippen LogP contribution in [0.3, 0.4) is 0 Å². The fourth-order valence-corrected chi connectivity index (χ4v) is 1.85. The van der Waals surface area contributed by atoms with Crippen molar-refractivity contribution in [2.75, 3.05) is 26.7 Å². The molecular formula is C10H18F2N2O. The van der Waals surface area contributed by atoms with E-state index in [1.807, 2.05) is 6.92 Å².